The van der Waals surface area contributed by atoms with E-state index in [1.807, 2.05) is 36.4 Å². The zero-order valence-electron chi connectivity index (χ0n) is 12.2. The summed E-state index contributed by atoms with van der Waals surface area (Å²) >= 11 is 3.45. The highest BCUT2D eigenvalue weighted by Gasteiger charge is 2.12. The second kappa shape index (κ2) is 7.03. The van der Waals surface area contributed by atoms with Crippen LogP contribution in [0.15, 0.2) is 71.3 Å². The molecule has 0 atom stereocenters. The van der Waals surface area contributed by atoms with Crippen molar-refractivity contribution < 1.29 is 0 Å². The van der Waals surface area contributed by atoms with Gasteiger partial charge >= 0.3 is 0 Å². The Balaban J connectivity index is 1.96. The molecule has 0 N–H and O–H groups in total. The minimum absolute atomic E-state index is 0.636. The van der Waals surface area contributed by atoms with Crippen LogP contribution in [0.3, 0.4) is 0 Å². The van der Waals surface area contributed by atoms with Crippen molar-refractivity contribution in [2.24, 2.45) is 0 Å². The molecule has 0 spiro atoms. The number of benzene rings is 2. The molecule has 0 radical (unpaired) electrons. The fourth-order valence-corrected chi connectivity index (χ4v) is 2.49. The minimum atomic E-state index is 0.636. The van der Waals surface area contributed by atoms with Crippen molar-refractivity contribution in [2.45, 2.75) is 6.54 Å². The first-order chi connectivity index (χ1) is 11.3. The van der Waals surface area contributed by atoms with Crippen LogP contribution in [0.5, 0.6) is 0 Å². The summed E-state index contributed by atoms with van der Waals surface area (Å²) in [5.41, 5.74) is 2.76. The van der Waals surface area contributed by atoms with E-state index in [1.165, 1.54) is 0 Å². The van der Waals surface area contributed by atoms with Crippen LogP contribution in [0, 0.1) is 11.3 Å². The van der Waals surface area contributed by atoms with Crippen LogP contribution in [0.2, 0.25) is 0 Å². The zero-order valence-corrected chi connectivity index (χ0v) is 13.8. The van der Waals surface area contributed by atoms with E-state index in [9.17, 15) is 0 Å². The molecular formula is C18H13BrN4. The third-order valence-corrected chi connectivity index (χ3v) is 3.93. The monoisotopic (exact) mass is 364 g/mol. The van der Waals surface area contributed by atoms with Gasteiger partial charge in [0.1, 0.15) is 0 Å². The Kier molecular flexibility index (Phi) is 4.65. The van der Waals surface area contributed by atoms with Crippen molar-refractivity contribution in [3.05, 3.63) is 82.5 Å². The lowest BCUT2D eigenvalue weighted by atomic mass is 10.1. The molecule has 112 valence electrons. The first-order valence-corrected chi connectivity index (χ1v) is 7.85. The maximum atomic E-state index is 8.95. The molecule has 0 amide bonds. The fourth-order valence-electron chi connectivity index (χ4n) is 2.23. The van der Waals surface area contributed by atoms with E-state index in [0.717, 1.165) is 21.5 Å². The number of anilines is 2. The van der Waals surface area contributed by atoms with Crippen LogP contribution in [0.25, 0.3) is 0 Å². The van der Waals surface area contributed by atoms with Crippen molar-refractivity contribution in [3.8, 4) is 6.07 Å². The summed E-state index contributed by atoms with van der Waals surface area (Å²) in [5, 5.41) is 17.1. The molecule has 0 aliphatic rings. The van der Waals surface area contributed by atoms with Gasteiger partial charge in [0.05, 0.1) is 11.6 Å². The smallest absolute Gasteiger partial charge is 0.155 e. The SMILES string of the molecule is N#Cc1ccc(N(Cc2ccc(Br)cc2)c2cccnn2)cc1. The second-order valence-electron chi connectivity index (χ2n) is 4.95. The molecule has 0 aliphatic heterocycles. The van der Waals surface area contributed by atoms with Crippen LogP contribution in [-0.4, -0.2) is 10.2 Å². The van der Waals surface area contributed by atoms with Crippen molar-refractivity contribution >= 4 is 27.4 Å². The quantitative estimate of drug-likeness (QED) is 0.686. The van der Waals surface area contributed by atoms with E-state index >= 15 is 0 Å². The lowest BCUT2D eigenvalue weighted by Gasteiger charge is -2.23. The Labute approximate surface area is 143 Å². The average molecular weight is 365 g/mol. The van der Waals surface area contributed by atoms with Crippen LogP contribution in [0.4, 0.5) is 11.5 Å². The molecule has 4 nitrogen and oxygen atoms in total. The summed E-state index contributed by atoms with van der Waals surface area (Å²) in [5.74, 6) is 0.764. The molecule has 0 bridgehead atoms. The number of halogens is 1. The predicted molar refractivity (Wildman–Crippen MR) is 93.2 cm³/mol. The Morgan fingerprint density at radius 2 is 1.74 bits per heavy atom. The molecule has 23 heavy (non-hydrogen) atoms. The summed E-state index contributed by atoms with van der Waals surface area (Å²) in [6, 6.07) is 21.5. The maximum absolute atomic E-state index is 8.95. The molecule has 0 saturated heterocycles. The van der Waals surface area contributed by atoms with Gasteiger partial charge in [0.2, 0.25) is 0 Å². The third-order valence-electron chi connectivity index (χ3n) is 3.40. The van der Waals surface area contributed by atoms with Crippen molar-refractivity contribution in [1.82, 2.24) is 10.2 Å². The molecule has 0 unspecified atom stereocenters. The van der Waals surface area contributed by atoms with Crippen LogP contribution in [0.1, 0.15) is 11.1 Å². The normalized spacial score (nSPS) is 10.1. The Bertz CT molecular complexity index is 808. The first kappa shape index (κ1) is 15.2. The van der Waals surface area contributed by atoms with Crippen molar-refractivity contribution in [2.75, 3.05) is 4.90 Å². The number of nitriles is 1. The molecule has 1 aromatic heterocycles. The number of rotatable bonds is 4. The lowest BCUT2D eigenvalue weighted by molar-refractivity contribution is 0.904. The number of hydrogen-bond acceptors (Lipinski definition) is 4. The molecule has 3 aromatic rings. The number of nitrogens with zero attached hydrogens (tertiary/aromatic N) is 4. The van der Waals surface area contributed by atoms with E-state index in [-0.39, 0.29) is 0 Å². The second-order valence-corrected chi connectivity index (χ2v) is 5.87. The standard InChI is InChI=1S/C18H13BrN4/c19-16-7-3-15(4-8-16)13-23(18-2-1-11-21-22-18)17-9-5-14(12-20)6-10-17/h1-11H,13H2. The largest absolute Gasteiger partial charge is 0.320 e. The molecular weight excluding hydrogens is 352 g/mol. The summed E-state index contributed by atoms with van der Waals surface area (Å²) in [6.45, 7) is 0.665. The van der Waals surface area contributed by atoms with Crippen LogP contribution >= 0.6 is 15.9 Å². The molecule has 1 heterocycles. The molecule has 2 aromatic carbocycles. The molecule has 5 heteroatoms. The van der Waals surface area contributed by atoms with Gasteiger partial charge < -0.3 is 4.90 Å². The molecule has 0 saturated carbocycles. The van der Waals surface area contributed by atoms with E-state index in [0.29, 0.717) is 12.1 Å². The highest BCUT2D eigenvalue weighted by atomic mass is 79.9. The van der Waals surface area contributed by atoms with Gasteiger partial charge in [-0.3, -0.25) is 0 Å². The summed E-state index contributed by atoms with van der Waals surface area (Å²) < 4.78 is 1.05. The predicted octanol–water partition coefficient (Wildman–Crippen LogP) is 4.45. The topological polar surface area (TPSA) is 52.8 Å². The highest BCUT2D eigenvalue weighted by molar-refractivity contribution is 9.10. The van der Waals surface area contributed by atoms with E-state index in [4.69, 9.17) is 5.26 Å². The minimum Gasteiger partial charge on any atom is -0.320 e. The Morgan fingerprint density at radius 1 is 1.00 bits per heavy atom. The van der Waals surface area contributed by atoms with Gasteiger partial charge in [-0.1, -0.05) is 28.1 Å². The van der Waals surface area contributed by atoms with Crippen molar-refractivity contribution in [1.29, 1.82) is 5.26 Å². The van der Waals surface area contributed by atoms with Crippen LogP contribution in [-0.2, 0) is 6.54 Å². The lowest BCUT2D eigenvalue weighted by Crippen LogP contribution is -2.18. The Hall–Kier alpha value is -2.71. The molecule has 0 fully saturated rings. The Morgan fingerprint density at radius 3 is 2.35 bits per heavy atom. The summed E-state index contributed by atoms with van der Waals surface area (Å²) in [4.78, 5) is 2.07. The van der Waals surface area contributed by atoms with Gasteiger partial charge in [0, 0.05) is 22.9 Å². The zero-order chi connectivity index (χ0) is 16.1. The van der Waals surface area contributed by atoms with Gasteiger partial charge in [0.15, 0.2) is 5.82 Å². The summed E-state index contributed by atoms with van der Waals surface area (Å²) in [6.07, 6.45) is 1.65. The fraction of sp³-hybridized carbons (Fsp3) is 0.0556. The molecule has 3 rings (SSSR count). The number of hydrogen-bond donors (Lipinski definition) is 0. The third kappa shape index (κ3) is 3.74. The maximum Gasteiger partial charge on any atom is 0.155 e. The first-order valence-electron chi connectivity index (χ1n) is 7.06. The van der Waals surface area contributed by atoms with Gasteiger partial charge in [-0.25, -0.2) is 0 Å². The number of aromatic nitrogens is 2. The van der Waals surface area contributed by atoms with E-state index < -0.39 is 0 Å². The van der Waals surface area contributed by atoms with E-state index in [1.54, 1.807) is 18.3 Å². The molecule has 0 aliphatic carbocycles. The van der Waals surface area contributed by atoms with Crippen LogP contribution < -0.4 is 4.90 Å². The van der Waals surface area contributed by atoms with Gasteiger partial charge in [0.25, 0.3) is 0 Å². The highest BCUT2D eigenvalue weighted by Crippen LogP contribution is 2.26. The summed E-state index contributed by atoms with van der Waals surface area (Å²) in [7, 11) is 0. The average Bonchev–Trinajstić information content (AvgIpc) is 2.62. The van der Waals surface area contributed by atoms with Gasteiger partial charge in [-0.15, -0.1) is 5.10 Å². The van der Waals surface area contributed by atoms with Gasteiger partial charge in [-0.2, -0.15) is 10.4 Å². The van der Waals surface area contributed by atoms with E-state index in [2.05, 4.69) is 49.2 Å². The van der Waals surface area contributed by atoms with Gasteiger partial charge in [-0.05, 0) is 54.1 Å². The van der Waals surface area contributed by atoms with Crippen molar-refractivity contribution in [3.63, 3.8) is 0 Å².